The van der Waals surface area contributed by atoms with Gasteiger partial charge in [-0.15, -0.1) is 0 Å². The van der Waals surface area contributed by atoms with Gasteiger partial charge in [-0.1, -0.05) is 6.07 Å². The van der Waals surface area contributed by atoms with Gasteiger partial charge in [0.15, 0.2) is 0 Å². The Morgan fingerprint density at radius 1 is 1.37 bits per heavy atom. The smallest absolute Gasteiger partial charge is 0.326 e. The zero-order chi connectivity index (χ0) is 14.6. The number of anilines is 1. The standard InChI is InChI=1S/C11H12FN3O4/c12-6-3-1-2-5(9(6)14)10(17)15-7(11(18)19)4-8(13)16/h1-3,7H,4,14H2,(H2,13,16)(H,15,17)(H,18,19)/t7-/m1/s1. The molecule has 0 aromatic heterocycles. The topological polar surface area (TPSA) is 136 Å². The van der Waals surface area contributed by atoms with Crippen molar-refractivity contribution in [1.82, 2.24) is 5.32 Å². The van der Waals surface area contributed by atoms with Crippen LogP contribution in [0.1, 0.15) is 16.8 Å². The minimum absolute atomic E-state index is 0.212. The van der Waals surface area contributed by atoms with Crippen LogP contribution in [0.2, 0.25) is 0 Å². The van der Waals surface area contributed by atoms with Gasteiger partial charge in [0.25, 0.3) is 5.91 Å². The molecule has 0 radical (unpaired) electrons. The second-order valence-electron chi connectivity index (χ2n) is 3.74. The maximum absolute atomic E-state index is 13.2. The molecule has 0 unspecified atom stereocenters. The Kier molecular flexibility index (Phi) is 4.41. The Morgan fingerprint density at radius 2 is 2.00 bits per heavy atom. The summed E-state index contributed by atoms with van der Waals surface area (Å²) in [5.74, 6) is -4.01. The van der Waals surface area contributed by atoms with Gasteiger partial charge in [0, 0.05) is 0 Å². The van der Waals surface area contributed by atoms with E-state index in [0.717, 1.165) is 6.07 Å². The highest BCUT2D eigenvalue weighted by atomic mass is 19.1. The molecule has 7 nitrogen and oxygen atoms in total. The molecule has 0 bridgehead atoms. The predicted octanol–water partition coefficient (Wildman–Crippen LogP) is -0.534. The van der Waals surface area contributed by atoms with Gasteiger partial charge in [0.2, 0.25) is 5.91 Å². The number of carboxylic acids is 1. The summed E-state index contributed by atoms with van der Waals surface area (Å²) in [4.78, 5) is 33.2. The number of carboxylic acid groups (broad SMARTS) is 1. The van der Waals surface area contributed by atoms with Crippen molar-refractivity contribution in [3.05, 3.63) is 29.6 Å². The Morgan fingerprint density at radius 3 is 2.53 bits per heavy atom. The lowest BCUT2D eigenvalue weighted by Gasteiger charge is -2.13. The van der Waals surface area contributed by atoms with Gasteiger partial charge in [0.1, 0.15) is 11.9 Å². The van der Waals surface area contributed by atoms with Gasteiger partial charge in [0.05, 0.1) is 17.7 Å². The zero-order valence-electron chi connectivity index (χ0n) is 9.72. The molecule has 0 spiro atoms. The number of hydrogen-bond acceptors (Lipinski definition) is 4. The molecule has 1 rings (SSSR count). The van der Waals surface area contributed by atoms with E-state index >= 15 is 0 Å². The second-order valence-corrected chi connectivity index (χ2v) is 3.74. The van der Waals surface area contributed by atoms with Crippen LogP contribution in [0.4, 0.5) is 10.1 Å². The highest BCUT2D eigenvalue weighted by Gasteiger charge is 2.24. The molecule has 2 amide bonds. The second kappa shape index (κ2) is 5.80. The highest BCUT2D eigenvalue weighted by Crippen LogP contribution is 2.15. The molecule has 6 N–H and O–H groups in total. The van der Waals surface area contributed by atoms with Crippen molar-refractivity contribution in [2.45, 2.75) is 12.5 Å². The predicted molar refractivity (Wildman–Crippen MR) is 63.5 cm³/mol. The van der Waals surface area contributed by atoms with Crippen molar-refractivity contribution in [3.8, 4) is 0 Å². The van der Waals surface area contributed by atoms with E-state index in [-0.39, 0.29) is 5.56 Å². The van der Waals surface area contributed by atoms with Gasteiger partial charge in [-0.2, -0.15) is 0 Å². The molecule has 1 aromatic rings. The molecule has 0 fully saturated rings. The molecule has 8 heteroatoms. The van der Waals surface area contributed by atoms with E-state index < -0.39 is 41.8 Å². The number of nitrogens with one attached hydrogen (secondary N) is 1. The van der Waals surface area contributed by atoms with Crippen LogP contribution in [0.15, 0.2) is 18.2 Å². The van der Waals surface area contributed by atoms with Crippen LogP contribution in [0, 0.1) is 5.82 Å². The minimum Gasteiger partial charge on any atom is -0.480 e. The Hall–Kier alpha value is -2.64. The third kappa shape index (κ3) is 3.66. The van der Waals surface area contributed by atoms with Gasteiger partial charge in [-0.25, -0.2) is 9.18 Å². The molecule has 0 saturated carbocycles. The number of amides is 2. The lowest BCUT2D eigenvalue weighted by molar-refractivity contribution is -0.140. The Balaban J connectivity index is 2.91. The van der Waals surface area contributed by atoms with Gasteiger partial charge in [-0.05, 0) is 12.1 Å². The van der Waals surface area contributed by atoms with E-state index in [1.807, 2.05) is 5.32 Å². The molecule has 1 aromatic carbocycles. The van der Waals surface area contributed by atoms with Gasteiger partial charge < -0.3 is 21.9 Å². The van der Waals surface area contributed by atoms with E-state index in [1.165, 1.54) is 12.1 Å². The number of aliphatic carboxylic acids is 1. The summed E-state index contributed by atoms with van der Waals surface area (Å²) >= 11 is 0. The minimum atomic E-state index is -1.49. The van der Waals surface area contributed by atoms with E-state index in [0.29, 0.717) is 0 Å². The van der Waals surface area contributed by atoms with Gasteiger partial charge in [-0.3, -0.25) is 9.59 Å². The van der Waals surface area contributed by atoms with Crippen LogP contribution in [0.3, 0.4) is 0 Å². The summed E-state index contributed by atoms with van der Waals surface area (Å²) in [6.45, 7) is 0. The molecule has 0 heterocycles. The summed E-state index contributed by atoms with van der Waals surface area (Å²) in [5, 5.41) is 10.9. The zero-order valence-corrected chi connectivity index (χ0v) is 9.72. The first-order valence-electron chi connectivity index (χ1n) is 5.19. The molecule has 102 valence electrons. The Bertz CT molecular complexity index is 533. The monoisotopic (exact) mass is 269 g/mol. The lowest BCUT2D eigenvalue weighted by atomic mass is 10.1. The number of benzene rings is 1. The molecular formula is C11H12FN3O4. The summed E-state index contributed by atoms with van der Waals surface area (Å²) in [6, 6.07) is 2.05. The molecule has 19 heavy (non-hydrogen) atoms. The summed E-state index contributed by atoms with van der Waals surface area (Å²) in [5.41, 5.74) is 9.61. The number of carbonyl (C=O) groups excluding carboxylic acids is 2. The number of halogens is 1. The Labute approximate surface area is 107 Å². The van der Waals surface area contributed by atoms with E-state index in [9.17, 15) is 18.8 Å². The van der Waals surface area contributed by atoms with Crippen LogP contribution >= 0.6 is 0 Å². The molecule has 0 aliphatic rings. The number of primary amides is 1. The summed E-state index contributed by atoms with van der Waals surface area (Å²) in [6.07, 6.45) is -0.573. The van der Waals surface area contributed by atoms with Crippen LogP contribution < -0.4 is 16.8 Å². The van der Waals surface area contributed by atoms with E-state index in [2.05, 4.69) is 0 Å². The van der Waals surface area contributed by atoms with Crippen LogP contribution in [-0.2, 0) is 9.59 Å². The fourth-order valence-electron chi connectivity index (χ4n) is 1.37. The first-order chi connectivity index (χ1) is 8.82. The van der Waals surface area contributed by atoms with Crippen molar-refractivity contribution < 1.29 is 23.9 Å². The van der Waals surface area contributed by atoms with E-state index in [4.69, 9.17) is 16.6 Å². The first-order valence-corrected chi connectivity index (χ1v) is 5.19. The average Bonchev–Trinajstić information content (AvgIpc) is 2.31. The SMILES string of the molecule is NC(=O)C[C@@H](NC(=O)c1cccc(F)c1N)C(=O)O. The molecule has 0 aliphatic heterocycles. The number of para-hydroxylation sites is 1. The highest BCUT2D eigenvalue weighted by molar-refractivity contribution is 6.01. The van der Waals surface area contributed by atoms with Crippen LogP contribution in [0.5, 0.6) is 0 Å². The van der Waals surface area contributed by atoms with Crippen molar-refractivity contribution in [2.75, 3.05) is 5.73 Å². The molecule has 0 saturated heterocycles. The maximum atomic E-state index is 13.2. The van der Waals surface area contributed by atoms with Crippen LogP contribution in [-0.4, -0.2) is 28.9 Å². The summed E-state index contributed by atoms with van der Waals surface area (Å²) < 4.78 is 13.2. The number of rotatable bonds is 5. The first kappa shape index (κ1) is 14.4. The maximum Gasteiger partial charge on any atom is 0.326 e. The number of hydrogen-bond donors (Lipinski definition) is 4. The summed E-state index contributed by atoms with van der Waals surface area (Å²) in [7, 11) is 0. The number of carbonyl (C=O) groups is 3. The van der Waals surface area contributed by atoms with Crippen LogP contribution in [0.25, 0.3) is 0 Å². The van der Waals surface area contributed by atoms with Gasteiger partial charge >= 0.3 is 5.97 Å². The lowest BCUT2D eigenvalue weighted by Crippen LogP contribution is -2.43. The number of nitrogens with two attached hydrogens (primary N) is 2. The third-order valence-electron chi connectivity index (χ3n) is 2.31. The molecule has 1 atom stereocenters. The molecular weight excluding hydrogens is 257 g/mol. The van der Waals surface area contributed by atoms with Crippen molar-refractivity contribution in [2.24, 2.45) is 5.73 Å². The number of nitrogen functional groups attached to an aromatic ring is 1. The van der Waals surface area contributed by atoms with E-state index in [1.54, 1.807) is 0 Å². The van der Waals surface area contributed by atoms with Crippen molar-refractivity contribution in [1.29, 1.82) is 0 Å². The third-order valence-corrected chi connectivity index (χ3v) is 2.31. The fraction of sp³-hybridized carbons (Fsp3) is 0.182. The van der Waals surface area contributed by atoms with Crippen molar-refractivity contribution in [3.63, 3.8) is 0 Å². The molecule has 0 aliphatic carbocycles. The normalized spacial score (nSPS) is 11.6. The van der Waals surface area contributed by atoms with Crippen molar-refractivity contribution >= 4 is 23.5 Å². The fourth-order valence-corrected chi connectivity index (χ4v) is 1.37. The average molecular weight is 269 g/mol. The largest absolute Gasteiger partial charge is 0.480 e. The quantitative estimate of drug-likeness (QED) is 0.532.